The number of carbonyl (C=O) groups excluding carboxylic acids is 1. The van der Waals surface area contributed by atoms with Crippen molar-refractivity contribution < 1.29 is 9.18 Å². The second-order valence-corrected chi connectivity index (χ2v) is 5.78. The van der Waals surface area contributed by atoms with E-state index < -0.39 is 0 Å². The van der Waals surface area contributed by atoms with Crippen LogP contribution in [-0.4, -0.2) is 15.7 Å². The van der Waals surface area contributed by atoms with E-state index in [2.05, 4.69) is 26.3 Å². The number of amides is 1. The zero-order valence-electron chi connectivity index (χ0n) is 11.4. The van der Waals surface area contributed by atoms with Crippen molar-refractivity contribution in [3.63, 3.8) is 0 Å². The van der Waals surface area contributed by atoms with E-state index in [1.54, 1.807) is 18.3 Å². The highest BCUT2D eigenvalue weighted by molar-refractivity contribution is 9.10. The van der Waals surface area contributed by atoms with Gasteiger partial charge in [0.15, 0.2) is 5.82 Å². The minimum Gasteiger partial charge on any atom is -0.308 e. The van der Waals surface area contributed by atoms with Crippen molar-refractivity contribution in [2.24, 2.45) is 0 Å². The Morgan fingerprint density at radius 3 is 2.95 bits per heavy atom. The maximum atomic E-state index is 13.7. The van der Waals surface area contributed by atoms with Gasteiger partial charge in [-0.1, -0.05) is 24.6 Å². The summed E-state index contributed by atoms with van der Waals surface area (Å²) in [5.74, 6) is -0.0704. The Balaban J connectivity index is 2.17. The second-order valence-electron chi connectivity index (χ2n) is 4.52. The van der Waals surface area contributed by atoms with Crippen LogP contribution < -0.4 is 5.32 Å². The fourth-order valence-electron chi connectivity index (χ4n) is 1.83. The van der Waals surface area contributed by atoms with Gasteiger partial charge in [0.25, 0.3) is 0 Å². The van der Waals surface area contributed by atoms with Crippen LogP contribution in [-0.2, 0) is 11.3 Å². The fourth-order valence-corrected chi connectivity index (χ4v) is 2.47. The molecule has 0 fully saturated rings. The van der Waals surface area contributed by atoms with Crippen LogP contribution in [0.25, 0.3) is 0 Å². The highest BCUT2D eigenvalue weighted by atomic mass is 79.9. The number of halogens is 3. The third-order valence-corrected chi connectivity index (χ3v) is 3.77. The third kappa shape index (κ3) is 4.04. The maximum absolute atomic E-state index is 13.7. The summed E-state index contributed by atoms with van der Waals surface area (Å²) in [5, 5.41) is 7.27. The molecular formula is C14H14BrClFN3O. The maximum Gasteiger partial charge on any atom is 0.225 e. The molecule has 2 rings (SSSR count). The van der Waals surface area contributed by atoms with Crippen LogP contribution in [0.2, 0.25) is 5.02 Å². The van der Waals surface area contributed by atoms with Crippen molar-refractivity contribution in [2.75, 3.05) is 5.32 Å². The van der Waals surface area contributed by atoms with Gasteiger partial charge in [0.05, 0.1) is 11.0 Å². The van der Waals surface area contributed by atoms with Crippen LogP contribution in [0.4, 0.5) is 10.2 Å². The molecule has 4 nitrogen and oxygen atoms in total. The van der Waals surface area contributed by atoms with Crippen molar-refractivity contribution in [1.29, 1.82) is 0 Å². The Labute approximate surface area is 135 Å². The molecule has 1 heterocycles. The Kier molecular flexibility index (Phi) is 5.36. The van der Waals surface area contributed by atoms with E-state index in [1.165, 1.54) is 10.7 Å². The van der Waals surface area contributed by atoms with Gasteiger partial charge in [-0.2, -0.15) is 5.10 Å². The fraction of sp³-hybridized carbons (Fsp3) is 0.286. The molecule has 2 aromatic rings. The van der Waals surface area contributed by atoms with Crippen LogP contribution in [0.1, 0.15) is 25.3 Å². The smallest absolute Gasteiger partial charge is 0.225 e. The van der Waals surface area contributed by atoms with Crippen molar-refractivity contribution in [2.45, 2.75) is 26.3 Å². The summed E-state index contributed by atoms with van der Waals surface area (Å²) in [6.45, 7) is 2.11. The number of nitrogens with zero attached hydrogens (tertiary/aromatic N) is 2. The lowest BCUT2D eigenvalue weighted by atomic mass is 10.2. The lowest BCUT2D eigenvalue weighted by molar-refractivity contribution is -0.116. The number of hydrogen-bond acceptors (Lipinski definition) is 2. The first-order valence-corrected chi connectivity index (χ1v) is 7.64. The number of nitrogens with one attached hydrogen (secondary N) is 1. The van der Waals surface area contributed by atoms with Gasteiger partial charge in [-0.25, -0.2) is 4.39 Å². The van der Waals surface area contributed by atoms with Crippen molar-refractivity contribution in [1.82, 2.24) is 9.78 Å². The molecule has 1 aromatic carbocycles. The van der Waals surface area contributed by atoms with Crippen molar-refractivity contribution in [3.05, 3.63) is 45.3 Å². The monoisotopic (exact) mass is 373 g/mol. The molecule has 1 aromatic heterocycles. The number of anilines is 1. The Morgan fingerprint density at radius 2 is 2.29 bits per heavy atom. The zero-order valence-corrected chi connectivity index (χ0v) is 13.7. The molecule has 112 valence electrons. The van der Waals surface area contributed by atoms with E-state index in [0.29, 0.717) is 27.3 Å². The van der Waals surface area contributed by atoms with Gasteiger partial charge in [0.2, 0.25) is 5.91 Å². The minimum atomic E-state index is -0.384. The van der Waals surface area contributed by atoms with Gasteiger partial charge >= 0.3 is 0 Å². The average molecular weight is 375 g/mol. The Hall–Kier alpha value is -1.40. The van der Waals surface area contributed by atoms with E-state index in [1.807, 2.05) is 6.92 Å². The molecule has 1 N–H and O–H groups in total. The van der Waals surface area contributed by atoms with Gasteiger partial charge in [-0.3, -0.25) is 9.48 Å². The molecule has 0 spiro atoms. The number of carbonyl (C=O) groups is 1. The van der Waals surface area contributed by atoms with Crippen LogP contribution in [0.15, 0.2) is 28.9 Å². The molecule has 0 unspecified atom stereocenters. The zero-order chi connectivity index (χ0) is 15.4. The first-order valence-electron chi connectivity index (χ1n) is 6.47. The Morgan fingerprint density at radius 1 is 1.52 bits per heavy atom. The molecule has 0 saturated carbocycles. The topological polar surface area (TPSA) is 46.9 Å². The van der Waals surface area contributed by atoms with Gasteiger partial charge in [0.1, 0.15) is 5.82 Å². The first kappa shape index (κ1) is 16.0. The molecule has 1 amide bonds. The van der Waals surface area contributed by atoms with Crippen LogP contribution >= 0.6 is 27.5 Å². The lowest BCUT2D eigenvalue weighted by Gasteiger charge is -2.06. The predicted octanol–water partition coefficient (Wildman–Crippen LogP) is 4.23. The minimum absolute atomic E-state index is 0.104. The van der Waals surface area contributed by atoms with E-state index in [4.69, 9.17) is 11.6 Å². The van der Waals surface area contributed by atoms with Crippen LogP contribution in [0.5, 0.6) is 0 Å². The van der Waals surface area contributed by atoms with Gasteiger partial charge in [-0.05, 0) is 34.5 Å². The highest BCUT2D eigenvalue weighted by Crippen LogP contribution is 2.24. The lowest BCUT2D eigenvalue weighted by Crippen LogP contribution is -2.12. The first-order chi connectivity index (χ1) is 10.0. The molecule has 21 heavy (non-hydrogen) atoms. The summed E-state index contributed by atoms with van der Waals surface area (Å²) in [7, 11) is 0. The SMILES string of the molecule is CCCC(=O)Nc1nn(Cc2c(F)cccc2Cl)cc1Br. The predicted molar refractivity (Wildman–Crippen MR) is 84.0 cm³/mol. The summed E-state index contributed by atoms with van der Waals surface area (Å²) in [5.41, 5.74) is 0.362. The quantitative estimate of drug-likeness (QED) is 0.851. The van der Waals surface area contributed by atoms with Crippen molar-refractivity contribution in [3.8, 4) is 0 Å². The normalized spacial score (nSPS) is 10.7. The summed E-state index contributed by atoms with van der Waals surface area (Å²) in [6.07, 6.45) is 2.86. The highest BCUT2D eigenvalue weighted by Gasteiger charge is 2.12. The molecule has 0 aliphatic rings. The summed E-state index contributed by atoms with van der Waals surface area (Å²) < 4.78 is 15.9. The van der Waals surface area contributed by atoms with Gasteiger partial charge in [-0.15, -0.1) is 0 Å². The largest absolute Gasteiger partial charge is 0.308 e. The standard InChI is InChI=1S/C14H14BrClFN3O/c1-2-4-13(21)18-14-10(15)8-20(19-14)7-9-11(16)5-3-6-12(9)17/h3,5-6,8H,2,4,7H2,1H3,(H,18,19,21). The molecule has 0 aliphatic heterocycles. The molecular weight excluding hydrogens is 361 g/mol. The summed E-state index contributed by atoms with van der Waals surface area (Å²) in [4.78, 5) is 11.6. The van der Waals surface area contributed by atoms with Crippen molar-refractivity contribution >= 4 is 39.3 Å². The molecule has 0 radical (unpaired) electrons. The third-order valence-electron chi connectivity index (χ3n) is 2.83. The molecule has 0 aliphatic carbocycles. The van der Waals surface area contributed by atoms with E-state index >= 15 is 0 Å². The molecule has 0 saturated heterocycles. The van der Waals surface area contributed by atoms with E-state index in [9.17, 15) is 9.18 Å². The van der Waals surface area contributed by atoms with Crippen LogP contribution in [0.3, 0.4) is 0 Å². The van der Waals surface area contributed by atoms with Gasteiger partial charge < -0.3 is 5.32 Å². The molecule has 0 atom stereocenters. The number of hydrogen-bond donors (Lipinski definition) is 1. The number of benzene rings is 1. The Bertz CT molecular complexity index is 639. The molecule has 0 bridgehead atoms. The summed E-state index contributed by atoms with van der Waals surface area (Å²) in [6, 6.07) is 4.53. The molecule has 7 heteroatoms. The van der Waals surface area contributed by atoms with Gasteiger partial charge in [0, 0.05) is 23.2 Å². The van der Waals surface area contributed by atoms with E-state index in [0.717, 1.165) is 6.42 Å². The second kappa shape index (κ2) is 7.04. The van der Waals surface area contributed by atoms with E-state index in [-0.39, 0.29) is 18.3 Å². The number of aromatic nitrogens is 2. The van der Waals surface area contributed by atoms with Crippen LogP contribution in [0, 0.1) is 5.82 Å². The number of rotatable bonds is 5. The summed E-state index contributed by atoms with van der Waals surface area (Å²) >= 11 is 9.31. The average Bonchev–Trinajstić information content (AvgIpc) is 2.75.